The summed E-state index contributed by atoms with van der Waals surface area (Å²) in [5.41, 5.74) is 0. The van der Waals surface area contributed by atoms with E-state index in [4.69, 9.17) is 22.0 Å². The molecule has 0 amide bonds. The van der Waals surface area contributed by atoms with Gasteiger partial charge < -0.3 is 10.0 Å². The molecule has 86 valence electrons. The van der Waals surface area contributed by atoms with E-state index in [1.54, 1.807) is 0 Å². The van der Waals surface area contributed by atoms with Gasteiger partial charge in [-0.15, -0.1) is 0 Å². The van der Waals surface area contributed by atoms with Gasteiger partial charge in [-0.3, -0.25) is 0 Å². The zero-order valence-corrected chi connectivity index (χ0v) is 10.3. The summed E-state index contributed by atoms with van der Waals surface area (Å²) in [6.45, 7) is 0.614. The van der Waals surface area contributed by atoms with Gasteiger partial charge in [0.1, 0.15) is 5.15 Å². The van der Waals surface area contributed by atoms with E-state index >= 15 is 0 Å². The zero-order valence-electron chi connectivity index (χ0n) is 8.69. The molecule has 2 rings (SSSR count). The second-order valence-corrected chi connectivity index (χ2v) is 5.12. The molecule has 4 nitrogen and oxygen atoms in total. The van der Waals surface area contributed by atoms with Crippen LogP contribution >= 0.6 is 22.9 Å². The highest BCUT2D eigenvalue weighted by Gasteiger charge is 2.31. The molecule has 1 fully saturated rings. The van der Waals surface area contributed by atoms with Gasteiger partial charge >= 0.3 is 0 Å². The Balaban J connectivity index is 2.14. The SMILES string of the molecule is N#CCCN(c1nc(Cl)c(CO)s1)C1CC1. The lowest BCUT2D eigenvalue weighted by Gasteiger charge is -2.19. The Morgan fingerprint density at radius 1 is 1.62 bits per heavy atom. The Morgan fingerprint density at radius 2 is 2.38 bits per heavy atom. The summed E-state index contributed by atoms with van der Waals surface area (Å²) in [7, 11) is 0. The maximum Gasteiger partial charge on any atom is 0.187 e. The molecule has 0 bridgehead atoms. The number of rotatable bonds is 5. The van der Waals surface area contributed by atoms with E-state index in [1.807, 2.05) is 0 Å². The first-order valence-corrected chi connectivity index (χ1v) is 6.35. The number of hydrogen-bond acceptors (Lipinski definition) is 5. The van der Waals surface area contributed by atoms with Gasteiger partial charge in [0.15, 0.2) is 5.13 Å². The number of aromatic nitrogens is 1. The van der Waals surface area contributed by atoms with Crippen molar-refractivity contribution in [2.45, 2.75) is 31.9 Å². The van der Waals surface area contributed by atoms with Crippen LogP contribution in [-0.4, -0.2) is 22.7 Å². The number of nitriles is 1. The molecule has 0 atom stereocenters. The largest absolute Gasteiger partial charge is 0.391 e. The van der Waals surface area contributed by atoms with E-state index in [-0.39, 0.29) is 6.61 Å². The molecule has 0 radical (unpaired) electrons. The minimum atomic E-state index is -0.0761. The fourth-order valence-corrected chi connectivity index (χ4v) is 2.75. The Hall–Kier alpha value is -0.830. The highest BCUT2D eigenvalue weighted by Crippen LogP contribution is 2.36. The summed E-state index contributed by atoms with van der Waals surface area (Å²) < 4.78 is 0. The van der Waals surface area contributed by atoms with Gasteiger partial charge in [0.05, 0.1) is 24.0 Å². The van der Waals surface area contributed by atoms with Crippen LogP contribution in [0.25, 0.3) is 0 Å². The molecule has 0 aliphatic heterocycles. The van der Waals surface area contributed by atoms with Crippen LogP contribution in [0.2, 0.25) is 5.15 Å². The number of aliphatic hydroxyl groups excluding tert-OH is 1. The van der Waals surface area contributed by atoms with Crippen molar-refractivity contribution in [3.05, 3.63) is 10.0 Å². The Morgan fingerprint density at radius 3 is 2.88 bits per heavy atom. The summed E-state index contributed by atoms with van der Waals surface area (Å²) in [4.78, 5) is 7.05. The predicted molar refractivity (Wildman–Crippen MR) is 63.6 cm³/mol. The minimum Gasteiger partial charge on any atom is -0.391 e. The average Bonchev–Trinajstić information content (AvgIpc) is 3.03. The molecule has 1 saturated carbocycles. The monoisotopic (exact) mass is 257 g/mol. The van der Waals surface area contributed by atoms with E-state index in [1.165, 1.54) is 11.3 Å². The number of aliphatic hydroxyl groups is 1. The molecule has 16 heavy (non-hydrogen) atoms. The van der Waals surface area contributed by atoms with E-state index < -0.39 is 0 Å². The number of nitrogens with zero attached hydrogens (tertiary/aromatic N) is 3. The summed E-state index contributed by atoms with van der Waals surface area (Å²) in [6.07, 6.45) is 2.79. The van der Waals surface area contributed by atoms with Crippen LogP contribution < -0.4 is 4.90 Å². The summed E-state index contributed by atoms with van der Waals surface area (Å²) in [5.74, 6) is 0. The third-order valence-corrected chi connectivity index (χ3v) is 3.98. The van der Waals surface area contributed by atoms with E-state index in [0.29, 0.717) is 29.0 Å². The van der Waals surface area contributed by atoms with Crippen molar-refractivity contribution in [2.24, 2.45) is 0 Å². The molecular formula is C10H12ClN3OS. The molecule has 6 heteroatoms. The quantitative estimate of drug-likeness (QED) is 0.878. The van der Waals surface area contributed by atoms with Crippen molar-refractivity contribution < 1.29 is 5.11 Å². The van der Waals surface area contributed by atoms with Crippen LogP contribution in [0.3, 0.4) is 0 Å². The van der Waals surface area contributed by atoms with Gasteiger partial charge in [-0.25, -0.2) is 4.98 Å². The lowest BCUT2D eigenvalue weighted by atomic mass is 10.4. The molecule has 1 N–H and O–H groups in total. The first-order valence-electron chi connectivity index (χ1n) is 5.16. The zero-order chi connectivity index (χ0) is 11.5. The third-order valence-electron chi connectivity index (χ3n) is 2.48. The topological polar surface area (TPSA) is 60.2 Å². The molecule has 1 aromatic rings. The van der Waals surface area contributed by atoms with Crippen molar-refractivity contribution in [3.63, 3.8) is 0 Å². The molecule has 1 heterocycles. The van der Waals surface area contributed by atoms with E-state index in [0.717, 1.165) is 18.0 Å². The number of halogens is 1. The highest BCUT2D eigenvalue weighted by molar-refractivity contribution is 7.16. The maximum atomic E-state index is 9.06. The van der Waals surface area contributed by atoms with Gasteiger partial charge in [-0.05, 0) is 12.8 Å². The molecule has 1 aliphatic rings. The summed E-state index contributed by atoms with van der Waals surface area (Å²) in [6, 6.07) is 2.64. The molecule has 0 saturated heterocycles. The molecule has 1 aliphatic carbocycles. The van der Waals surface area contributed by atoms with Crippen LogP contribution in [0.15, 0.2) is 0 Å². The van der Waals surface area contributed by atoms with Gasteiger partial charge in [-0.2, -0.15) is 5.26 Å². The number of thiazole rings is 1. The van der Waals surface area contributed by atoms with Crippen LogP contribution in [0, 0.1) is 11.3 Å². The second kappa shape index (κ2) is 5.00. The number of anilines is 1. The molecular weight excluding hydrogens is 246 g/mol. The molecule has 0 unspecified atom stereocenters. The third kappa shape index (κ3) is 2.46. The normalized spacial score (nSPS) is 14.8. The van der Waals surface area contributed by atoms with Crippen molar-refractivity contribution in [1.29, 1.82) is 5.26 Å². The Labute approximate surface area is 103 Å². The second-order valence-electron chi connectivity index (χ2n) is 3.70. The Kier molecular flexibility index (Phi) is 3.64. The Bertz CT molecular complexity index is 411. The first kappa shape index (κ1) is 11.6. The lowest BCUT2D eigenvalue weighted by molar-refractivity contribution is 0.285. The van der Waals surface area contributed by atoms with Gasteiger partial charge in [0.2, 0.25) is 0 Å². The van der Waals surface area contributed by atoms with Crippen LogP contribution in [0.1, 0.15) is 24.1 Å². The number of hydrogen-bond donors (Lipinski definition) is 1. The van der Waals surface area contributed by atoms with E-state index in [2.05, 4.69) is 16.0 Å². The summed E-state index contributed by atoms with van der Waals surface area (Å²) in [5, 5.41) is 18.9. The molecule has 0 spiro atoms. The van der Waals surface area contributed by atoms with Gasteiger partial charge in [-0.1, -0.05) is 22.9 Å². The van der Waals surface area contributed by atoms with Crippen molar-refractivity contribution >= 4 is 28.1 Å². The summed E-state index contributed by atoms with van der Waals surface area (Å²) >= 11 is 7.31. The van der Waals surface area contributed by atoms with Crippen LogP contribution in [-0.2, 0) is 6.61 Å². The highest BCUT2D eigenvalue weighted by atomic mass is 35.5. The predicted octanol–water partition coefficient (Wildman–Crippen LogP) is 2.17. The van der Waals surface area contributed by atoms with Crippen LogP contribution in [0.4, 0.5) is 5.13 Å². The smallest absolute Gasteiger partial charge is 0.187 e. The van der Waals surface area contributed by atoms with Gasteiger partial charge in [0, 0.05) is 12.6 Å². The molecule has 0 aromatic carbocycles. The minimum absolute atomic E-state index is 0.0761. The fourth-order valence-electron chi connectivity index (χ4n) is 1.53. The first-order chi connectivity index (χ1) is 7.76. The van der Waals surface area contributed by atoms with Crippen LogP contribution in [0.5, 0.6) is 0 Å². The lowest BCUT2D eigenvalue weighted by Crippen LogP contribution is -2.26. The maximum absolute atomic E-state index is 9.06. The average molecular weight is 258 g/mol. The molecule has 1 aromatic heterocycles. The van der Waals surface area contributed by atoms with E-state index in [9.17, 15) is 0 Å². The van der Waals surface area contributed by atoms with Gasteiger partial charge in [0.25, 0.3) is 0 Å². The van der Waals surface area contributed by atoms with Crippen molar-refractivity contribution in [1.82, 2.24) is 4.98 Å². The van der Waals surface area contributed by atoms with Crippen molar-refractivity contribution in [2.75, 3.05) is 11.4 Å². The fraction of sp³-hybridized carbons (Fsp3) is 0.600. The van der Waals surface area contributed by atoms with Crippen molar-refractivity contribution in [3.8, 4) is 6.07 Å². The standard InChI is InChI=1S/C10H12ClN3OS/c11-9-8(6-15)16-10(13-9)14(5-1-4-12)7-2-3-7/h7,15H,1-3,5-6H2.